The van der Waals surface area contributed by atoms with E-state index in [4.69, 9.17) is 5.26 Å². The van der Waals surface area contributed by atoms with Gasteiger partial charge in [-0.1, -0.05) is 12.1 Å². The molecular formula is C15H15N5O. The summed E-state index contributed by atoms with van der Waals surface area (Å²) >= 11 is 0. The Morgan fingerprint density at radius 3 is 2.52 bits per heavy atom. The van der Waals surface area contributed by atoms with Gasteiger partial charge in [0.15, 0.2) is 5.69 Å². The molecule has 0 spiro atoms. The molecule has 0 saturated carbocycles. The Balaban J connectivity index is 1.93. The molecule has 0 saturated heterocycles. The molecule has 0 unspecified atom stereocenters. The van der Waals surface area contributed by atoms with Crippen molar-refractivity contribution in [2.24, 2.45) is 0 Å². The van der Waals surface area contributed by atoms with Gasteiger partial charge in [-0.25, -0.2) is 0 Å². The lowest BCUT2D eigenvalue weighted by Gasteiger charge is -2.05. The number of anilines is 1. The van der Waals surface area contributed by atoms with Crippen LogP contribution >= 0.6 is 0 Å². The molecule has 6 heteroatoms. The molecule has 0 fully saturated rings. The normalized spacial score (nSPS) is 9.71. The van der Waals surface area contributed by atoms with Crippen molar-refractivity contribution in [1.82, 2.24) is 15.5 Å². The van der Waals surface area contributed by atoms with Gasteiger partial charge in [0.2, 0.25) is 0 Å². The first-order chi connectivity index (χ1) is 10.2. The molecule has 0 bridgehead atoms. The first-order valence-corrected chi connectivity index (χ1v) is 6.57. The summed E-state index contributed by atoms with van der Waals surface area (Å²) < 4.78 is 0. The number of benzene rings is 1. The lowest BCUT2D eigenvalue weighted by molar-refractivity contribution is 0.0945. The van der Waals surface area contributed by atoms with Gasteiger partial charge >= 0.3 is 0 Å². The van der Waals surface area contributed by atoms with Crippen molar-refractivity contribution in [3.63, 3.8) is 0 Å². The van der Waals surface area contributed by atoms with Gasteiger partial charge in [-0.15, -0.1) is 10.2 Å². The number of amides is 1. The van der Waals surface area contributed by atoms with Crippen LogP contribution in [0.2, 0.25) is 0 Å². The highest BCUT2D eigenvalue weighted by Gasteiger charge is 2.07. The minimum absolute atomic E-state index is 0.269. The van der Waals surface area contributed by atoms with E-state index in [9.17, 15) is 4.79 Å². The van der Waals surface area contributed by atoms with Crippen molar-refractivity contribution in [2.75, 3.05) is 11.9 Å². The number of carbonyl (C=O) groups is 1. The van der Waals surface area contributed by atoms with Crippen LogP contribution in [0, 0.1) is 11.3 Å². The zero-order valence-corrected chi connectivity index (χ0v) is 11.6. The average molecular weight is 281 g/mol. The number of hydrogen-bond acceptors (Lipinski definition) is 5. The second-order valence-electron chi connectivity index (χ2n) is 4.33. The molecule has 0 atom stereocenters. The number of nitriles is 1. The summed E-state index contributed by atoms with van der Waals surface area (Å²) in [4.78, 5) is 11.9. The predicted octanol–water partition coefficient (Wildman–Crippen LogP) is 1.71. The number of aromatic nitrogens is 2. The molecule has 2 aromatic rings. The Labute approximate surface area is 122 Å². The lowest BCUT2D eigenvalue weighted by Crippen LogP contribution is -2.24. The zero-order valence-electron chi connectivity index (χ0n) is 11.6. The van der Waals surface area contributed by atoms with Gasteiger partial charge in [0.25, 0.3) is 5.91 Å². The highest BCUT2D eigenvalue weighted by atomic mass is 16.1. The first kappa shape index (κ1) is 14.5. The van der Waals surface area contributed by atoms with Crippen LogP contribution in [0.1, 0.15) is 28.5 Å². The summed E-state index contributed by atoms with van der Waals surface area (Å²) in [7, 11) is 0. The molecule has 106 valence electrons. The Hall–Kier alpha value is -2.94. The van der Waals surface area contributed by atoms with E-state index in [-0.39, 0.29) is 11.6 Å². The Morgan fingerprint density at radius 2 is 1.95 bits per heavy atom. The number of rotatable bonds is 5. The van der Waals surface area contributed by atoms with Crippen LogP contribution < -0.4 is 10.6 Å². The third-order valence-electron chi connectivity index (χ3n) is 2.79. The fourth-order valence-corrected chi connectivity index (χ4v) is 1.70. The minimum Gasteiger partial charge on any atom is -0.369 e. The molecule has 1 amide bonds. The van der Waals surface area contributed by atoms with Gasteiger partial charge in [-0.05, 0) is 36.8 Å². The second-order valence-corrected chi connectivity index (χ2v) is 4.33. The molecule has 0 aliphatic carbocycles. The summed E-state index contributed by atoms with van der Waals surface area (Å²) in [5.74, 6) is 0.357. The molecule has 0 radical (unpaired) electrons. The molecule has 1 aromatic heterocycles. The molecule has 2 rings (SSSR count). The summed E-state index contributed by atoms with van der Waals surface area (Å²) in [6.07, 6.45) is 0. The maximum absolute atomic E-state index is 11.9. The van der Waals surface area contributed by atoms with Crippen molar-refractivity contribution in [3.8, 4) is 6.07 Å². The van der Waals surface area contributed by atoms with E-state index in [2.05, 4.69) is 20.8 Å². The van der Waals surface area contributed by atoms with Gasteiger partial charge in [-0.2, -0.15) is 5.26 Å². The minimum atomic E-state index is -0.282. The highest BCUT2D eigenvalue weighted by molar-refractivity contribution is 5.92. The van der Waals surface area contributed by atoms with E-state index < -0.39 is 0 Å². The number of nitrogens with one attached hydrogen (secondary N) is 2. The first-order valence-electron chi connectivity index (χ1n) is 6.57. The fraction of sp³-hybridized carbons (Fsp3) is 0.200. The monoisotopic (exact) mass is 281 g/mol. The lowest BCUT2D eigenvalue weighted by atomic mass is 10.1. The van der Waals surface area contributed by atoms with Crippen LogP contribution in [-0.4, -0.2) is 22.6 Å². The maximum Gasteiger partial charge on any atom is 0.272 e. The summed E-state index contributed by atoms with van der Waals surface area (Å²) in [6, 6.07) is 12.4. The van der Waals surface area contributed by atoms with E-state index in [1.165, 1.54) is 0 Å². The van der Waals surface area contributed by atoms with Crippen LogP contribution in [0.15, 0.2) is 36.4 Å². The molecular weight excluding hydrogens is 266 g/mol. The van der Waals surface area contributed by atoms with Crippen molar-refractivity contribution < 1.29 is 4.79 Å². The van der Waals surface area contributed by atoms with E-state index in [1.54, 1.807) is 36.4 Å². The number of carbonyl (C=O) groups excluding carboxylic acids is 1. The van der Waals surface area contributed by atoms with Gasteiger partial charge in [-0.3, -0.25) is 4.79 Å². The van der Waals surface area contributed by atoms with Gasteiger partial charge in [0, 0.05) is 13.1 Å². The number of hydrogen-bond donors (Lipinski definition) is 2. The summed E-state index contributed by atoms with van der Waals surface area (Å²) in [6.45, 7) is 3.08. The largest absolute Gasteiger partial charge is 0.369 e. The Morgan fingerprint density at radius 1 is 1.19 bits per heavy atom. The Kier molecular flexibility index (Phi) is 4.83. The molecule has 2 N–H and O–H groups in total. The quantitative estimate of drug-likeness (QED) is 0.870. The fourth-order valence-electron chi connectivity index (χ4n) is 1.70. The molecule has 1 heterocycles. The van der Waals surface area contributed by atoms with Gasteiger partial charge in [0.1, 0.15) is 5.82 Å². The van der Waals surface area contributed by atoms with Crippen LogP contribution in [0.4, 0.5) is 5.82 Å². The average Bonchev–Trinajstić information content (AvgIpc) is 2.54. The van der Waals surface area contributed by atoms with Crippen molar-refractivity contribution in [2.45, 2.75) is 13.5 Å². The smallest absolute Gasteiger partial charge is 0.272 e. The summed E-state index contributed by atoms with van der Waals surface area (Å²) in [5, 5.41) is 22.3. The van der Waals surface area contributed by atoms with Crippen LogP contribution in [0.25, 0.3) is 0 Å². The van der Waals surface area contributed by atoms with Gasteiger partial charge in [0.05, 0.1) is 11.6 Å². The SMILES string of the molecule is CCNc1ccc(C(=O)NCc2ccc(C#N)cc2)nn1. The van der Waals surface area contributed by atoms with Crippen LogP contribution in [0.5, 0.6) is 0 Å². The third-order valence-corrected chi connectivity index (χ3v) is 2.79. The highest BCUT2D eigenvalue weighted by Crippen LogP contribution is 2.04. The Bertz CT molecular complexity index is 643. The summed E-state index contributed by atoms with van der Waals surface area (Å²) in [5.41, 5.74) is 1.78. The predicted molar refractivity (Wildman–Crippen MR) is 78.5 cm³/mol. The van der Waals surface area contributed by atoms with Gasteiger partial charge < -0.3 is 10.6 Å². The third kappa shape index (κ3) is 4.01. The van der Waals surface area contributed by atoms with Crippen molar-refractivity contribution in [1.29, 1.82) is 5.26 Å². The van der Waals surface area contributed by atoms with E-state index in [0.717, 1.165) is 12.1 Å². The molecule has 6 nitrogen and oxygen atoms in total. The molecule has 0 aliphatic heterocycles. The standard InChI is InChI=1S/C15H15N5O/c1-2-17-14-8-7-13(19-20-14)15(21)18-10-12-5-3-11(9-16)4-6-12/h3-8H,2,10H2,1H3,(H,17,20)(H,18,21). The topological polar surface area (TPSA) is 90.7 Å². The molecule has 21 heavy (non-hydrogen) atoms. The van der Waals surface area contributed by atoms with Crippen molar-refractivity contribution in [3.05, 3.63) is 53.2 Å². The van der Waals surface area contributed by atoms with Crippen molar-refractivity contribution >= 4 is 11.7 Å². The van der Waals surface area contributed by atoms with E-state index in [1.807, 2.05) is 13.0 Å². The zero-order chi connectivity index (χ0) is 15.1. The second kappa shape index (κ2) is 7.01. The number of nitrogens with zero attached hydrogens (tertiary/aromatic N) is 3. The van der Waals surface area contributed by atoms with Crippen LogP contribution in [-0.2, 0) is 6.54 Å². The maximum atomic E-state index is 11.9. The van der Waals surface area contributed by atoms with E-state index >= 15 is 0 Å². The molecule has 0 aliphatic rings. The molecule has 1 aromatic carbocycles. The van der Waals surface area contributed by atoms with E-state index in [0.29, 0.717) is 17.9 Å². The van der Waals surface area contributed by atoms with Crippen LogP contribution in [0.3, 0.4) is 0 Å².